The van der Waals surface area contributed by atoms with E-state index in [1.807, 2.05) is 31.2 Å². The monoisotopic (exact) mass is 378 g/mol. The molecule has 1 aliphatic heterocycles. The number of likely N-dealkylation sites (tertiary alicyclic amines) is 1. The molecule has 0 spiro atoms. The molecule has 5 nitrogen and oxygen atoms in total. The third-order valence-corrected chi connectivity index (χ3v) is 5.26. The maximum absolute atomic E-state index is 13.2. The van der Waals surface area contributed by atoms with Crippen LogP contribution >= 0.6 is 0 Å². The number of anilines is 1. The van der Waals surface area contributed by atoms with Crippen molar-refractivity contribution < 1.29 is 9.18 Å². The topological polar surface area (TPSA) is 61.0 Å². The van der Waals surface area contributed by atoms with Crippen molar-refractivity contribution in [2.24, 2.45) is 0 Å². The van der Waals surface area contributed by atoms with Gasteiger partial charge in [0.1, 0.15) is 5.82 Å². The Bertz CT molecular complexity index is 967. The summed E-state index contributed by atoms with van der Waals surface area (Å²) >= 11 is 0. The van der Waals surface area contributed by atoms with E-state index in [-0.39, 0.29) is 17.8 Å². The standard InChI is InChI=1S/C22H23FN4O/c1-15-20(25-14-24-15)13-27-11-3-6-21(27)22(28)26-19-5-2-4-17(12-19)16-7-9-18(23)10-8-16/h2,4-5,7-10,12,14,21H,3,6,11,13H2,1H3,(H,24,25)(H,26,28). The molecule has 0 radical (unpaired) electrons. The van der Waals surface area contributed by atoms with Crippen LogP contribution in [0.1, 0.15) is 24.2 Å². The zero-order valence-corrected chi connectivity index (χ0v) is 15.8. The fraction of sp³-hybridized carbons (Fsp3) is 0.273. The van der Waals surface area contributed by atoms with Crippen LogP contribution in [0, 0.1) is 12.7 Å². The number of H-pyrrole nitrogens is 1. The minimum atomic E-state index is -0.262. The molecule has 3 aromatic rings. The summed E-state index contributed by atoms with van der Waals surface area (Å²) in [5, 5.41) is 3.05. The van der Waals surface area contributed by atoms with Crippen LogP contribution in [0.25, 0.3) is 11.1 Å². The first-order valence-electron chi connectivity index (χ1n) is 9.50. The molecule has 1 amide bonds. The van der Waals surface area contributed by atoms with E-state index in [0.717, 1.165) is 47.6 Å². The number of imidazole rings is 1. The van der Waals surface area contributed by atoms with Crippen LogP contribution in [-0.2, 0) is 11.3 Å². The Hall–Kier alpha value is -2.99. The Balaban J connectivity index is 1.46. The number of nitrogens with one attached hydrogen (secondary N) is 2. The van der Waals surface area contributed by atoms with Gasteiger partial charge in [-0.05, 0) is 61.7 Å². The molecule has 0 saturated carbocycles. The summed E-state index contributed by atoms with van der Waals surface area (Å²) in [6, 6.07) is 13.8. The third kappa shape index (κ3) is 3.97. The Morgan fingerprint density at radius 2 is 2.07 bits per heavy atom. The predicted molar refractivity (Wildman–Crippen MR) is 107 cm³/mol. The van der Waals surface area contributed by atoms with E-state index in [9.17, 15) is 9.18 Å². The molecule has 144 valence electrons. The highest BCUT2D eigenvalue weighted by Gasteiger charge is 2.31. The average molecular weight is 378 g/mol. The second-order valence-electron chi connectivity index (χ2n) is 7.18. The minimum Gasteiger partial charge on any atom is -0.348 e. The number of hydrogen-bond donors (Lipinski definition) is 2. The quantitative estimate of drug-likeness (QED) is 0.702. The van der Waals surface area contributed by atoms with Crippen LogP contribution in [0.15, 0.2) is 54.9 Å². The van der Waals surface area contributed by atoms with Gasteiger partial charge in [-0.15, -0.1) is 0 Å². The number of nitrogens with zero attached hydrogens (tertiary/aromatic N) is 2. The van der Waals surface area contributed by atoms with Crippen LogP contribution < -0.4 is 5.32 Å². The fourth-order valence-corrected chi connectivity index (χ4v) is 3.70. The first kappa shape index (κ1) is 18.4. The van der Waals surface area contributed by atoms with E-state index >= 15 is 0 Å². The van der Waals surface area contributed by atoms with E-state index < -0.39 is 0 Å². The van der Waals surface area contributed by atoms with E-state index in [0.29, 0.717) is 6.54 Å². The number of aryl methyl sites for hydroxylation is 1. The van der Waals surface area contributed by atoms with Gasteiger partial charge in [-0.2, -0.15) is 0 Å². The predicted octanol–water partition coefficient (Wildman–Crippen LogP) is 4.13. The van der Waals surface area contributed by atoms with Gasteiger partial charge in [-0.1, -0.05) is 24.3 Å². The van der Waals surface area contributed by atoms with Gasteiger partial charge >= 0.3 is 0 Å². The molecule has 1 unspecified atom stereocenters. The van der Waals surface area contributed by atoms with Crippen LogP contribution in [0.2, 0.25) is 0 Å². The molecule has 1 atom stereocenters. The smallest absolute Gasteiger partial charge is 0.241 e. The van der Waals surface area contributed by atoms with Gasteiger partial charge < -0.3 is 10.3 Å². The highest BCUT2D eigenvalue weighted by atomic mass is 19.1. The highest BCUT2D eigenvalue weighted by Crippen LogP contribution is 2.25. The number of amides is 1. The normalized spacial score (nSPS) is 17.0. The first-order valence-corrected chi connectivity index (χ1v) is 9.50. The summed E-state index contributed by atoms with van der Waals surface area (Å²) in [7, 11) is 0. The third-order valence-electron chi connectivity index (χ3n) is 5.26. The zero-order chi connectivity index (χ0) is 19.5. The summed E-state index contributed by atoms with van der Waals surface area (Å²) in [4.78, 5) is 22.5. The highest BCUT2D eigenvalue weighted by molar-refractivity contribution is 5.95. The molecule has 2 N–H and O–H groups in total. The van der Waals surface area contributed by atoms with E-state index in [1.54, 1.807) is 18.5 Å². The molecule has 0 aliphatic carbocycles. The molecule has 6 heteroatoms. The number of hydrogen-bond acceptors (Lipinski definition) is 3. The second-order valence-corrected chi connectivity index (χ2v) is 7.18. The molecule has 28 heavy (non-hydrogen) atoms. The van der Waals surface area contributed by atoms with E-state index in [4.69, 9.17) is 0 Å². The Morgan fingerprint density at radius 3 is 2.82 bits per heavy atom. The molecule has 2 aromatic carbocycles. The van der Waals surface area contributed by atoms with Crippen molar-refractivity contribution >= 4 is 11.6 Å². The molecular formula is C22H23FN4O. The van der Waals surface area contributed by atoms with Crippen molar-refractivity contribution in [2.75, 3.05) is 11.9 Å². The van der Waals surface area contributed by atoms with Crippen molar-refractivity contribution in [1.29, 1.82) is 0 Å². The van der Waals surface area contributed by atoms with Crippen LogP contribution in [0.5, 0.6) is 0 Å². The second kappa shape index (κ2) is 7.94. The molecule has 1 saturated heterocycles. The summed E-state index contributed by atoms with van der Waals surface area (Å²) in [5.74, 6) is -0.261. The lowest BCUT2D eigenvalue weighted by Crippen LogP contribution is -2.39. The van der Waals surface area contributed by atoms with Crippen molar-refractivity contribution in [3.63, 3.8) is 0 Å². The number of carbonyl (C=O) groups excluding carboxylic acids is 1. The van der Waals surface area contributed by atoms with E-state index in [1.165, 1.54) is 12.1 Å². The molecule has 1 fully saturated rings. The van der Waals surface area contributed by atoms with Crippen molar-refractivity contribution in [3.05, 3.63) is 72.1 Å². The van der Waals surface area contributed by atoms with Gasteiger partial charge in [0.2, 0.25) is 5.91 Å². The zero-order valence-electron chi connectivity index (χ0n) is 15.8. The summed E-state index contributed by atoms with van der Waals surface area (Å²) in [6.07, 6.45) is 3.53. The Morgan fingerprint density at radius 1 is 1.25 bits per heavy atom. The fourth-order valence-electron chi connectivity index (χ4n) is 3.70. The summed E-state index contributed by atoms with van der Waals surface area (Å²) < 4.78 is 13.2. The molecule has 1 aromatic heterocycles. The lowest BCUT2D eigenvalue weighted by Gasteiger charge is -2.23. The first-order chi connectivity index (χ1) is 13.6. The molecule has 4 rings (SSSR count). The van der Waals surface area contributed by atoms with Gasteiger partial charge in [-0.25, -0.2) is 9.37 Å². The van der Waals surface area contributed by atoms with Crippen molar-refractivity contribution in [3.8, 4) is 11.1 Å². The molecule has 1 aliphatic rings. The number of halogens is 1. The van der Waals surface area contributed by atoms with Gasteiger partial charge in [0.05, 0.1) is 18.1 Å². The van der Waals surface area contributed by atoms with Gasteiger partial charge in [0.15, 0.2) is 0 Å². The molecule has 0 bridgehead atoms. The van der Waals surface area contributed by atoms with Crippen molar-refractivity contribution in [2.45, 2.75) is 32.4 Å². The van der Waals surface area contributed by atoms with Crippen LogP contribution in [0.3, 0.4) is 0 Å². The van der Waals surface area contributed by atoms with E-state index in [2.05, 4.69) is 20.2 Å². The Labute approximate surface area is 163 Å². The van der Waals surface area contributed by atoms with Crippen LogP contribution in [-0.4, -0.2) is 33.4 Å². The average Bonchev–Trinajstić information content (AvgIpc) is 3.32. The minimum absolute atomic E-state index is 0.00180. The molecule has 2 heterocycles. The van der Waals surface area contributed by atoms with Gasteiger partial charge in [0, 0.05) is 17.9 Å². The lowest BCUT2D eigenvalue weighted by molar-refractivity contribution is -0.120. The number of benzene rings is 2. The SMILES string of the molecule is Cc1[nH]cnc1CN1CCCC1C(=O)Nc1cccc(-c2ccc(F)cc2)c1. The largest absolute Gasteiger partial charge is 0.348 e. The number of rotatable bonds is 5. The lowest BCUT2D eigenvalue weighted by atomic mass is 10.0. The Kier molecular flexibility index (Phi) is 5.21. The van der Waals surface area contributed by atoms with Crippen molar-refractivity contribution in [1.82, 2.24) is 14.9 Å². The number of aromatic amines is 1. The van der Waals surface area contributed by atoms with Crippen LogP contribution in [0.4, 0.5) is 10.1 Å². The van der Waals surface area contributed by atoms with Gasteiger partial charge in [-0.3, -0.25) is 9.69 Å². The maximum atomic E-state index is 13.2. The maximum Gasteiger partial charge on any atom is 0.241 e. The molecular weight excluding hydrogens is 355 g/mol. The van der Waals surface area contributed by atoms with Gasteiger partial charge in [0.25, 0.3) is 0 Å². The summed E-state index contributed by atoms with van der Waals surface area (Å²) in [6.45, 7) is 3.55. The number of carbonyl (C=O) groups is 1. The summed E-state index contributed by atoms with van der Waals surface area (Å²) in [5.41, 5.74) is 4.62. The number of aromatic nitrogens is 2.